The van der Waals surface area contributed by atoms with Gasteiger partial charge in [0, 0.05) is 22.9 Å². The van der Waals surface area contributed by atoms with E-state index in [2.05, 4.69) is 29.1 Å². The molecule has 1 aliphatic heterocycles. The zero-order chi connectivity index (χ0) is 19.1. The highest BCUT2D eigenvalue weighted by molar-refractivity contribution is 7.99. The summed E-state index contributed by atoms with van der Waals surface area (Å²) < 4.78 is 5.84. The molecule has 2 unspecified atom stereocenters. The topological polar surface area (TPSA) is 88.0 Å². The van der Waals surface area contributed by atoms with Gasteiger partial charge in [0.25, 0.3) is 5.56 Å². The zero-order valence-electron chi connectivity index (χ0n) is 15.7. The van der Waals surface area contributed by atoms with E-state index >= 15 is 0 Å². The van der Waals surface area contributed by atoms with Crippen molar-refractivity contribution in [3.8, 4) is 0 Å². The number of ketones is 1. The lowest BCUT2D eigenvalue weighted by Crippen LogP contribution is -2.32. The second-order valence-corrected chi connectivity index (χ2v) is 8.57. The lowest BCUT2D eigenvalue weighted by Gasteiger charge is -2.31. The smallest absolute Gasteiger partial charge is 0.257 e. The van der Waals surface area contributed by atoms with Crippen molar-refractivity contribution in [1.82, 2.24) is 9.97 Å². The average Bonchev–Trinajstić information content (AvgIpc) is 3.06. The molecule has 1 aliphatic carbocycles. The lowest BCUT2D eigenvalue weighted by atomic mass is 9.79. The van der Waals surface area contributed by atoms with Gasteiger partial charge in [-0.15, -0.1) is 0 Å². The van der Waals surface area contributed by atoms with Crippen molar-refractivity contribution in [3.05, 3.63) is 50.8 Å². The van der Waals surface area contributed by atoms with Crippen molar-refractivity contribution in [2.45, 2.75) is 62.8 Å². The zero-order valence-corrected chi connectivity index (χ0v) is 16.5. The van der Waals surface area contributed by atoms with E-state index < -0.39 is 5.92 Å². The summed E-state index contributed by atoms with van der Waals surface area (Å²) in [7, 11) is 0. The fraction of sp³-hybridized carbons (Fsp3) is 0.450. The van der Waals surface area contributed by atoms with Crippen LogP contribution in [0.2, 0.25) is 0 Å². The number of carbonyl (C=O) groups is 1. The van der Waals surface area contributed by atoms with Crippen LogP contribution in [0.5, 0.6) is 0 Å². The molecule has 0 spiro atoms. The molecule has 7 heteroatoms. The standard InChI is InChI=1S/C20H23N3O3S/c1-4-11(3)27-20-22-18-17(19(25)23-20)16(14-9-8-10(2)26-14)15-12(21-18)6-5-7-13(15)24/h8-9,11,16H,4-7H2,1-3H3,(H2,21,22,23,25). The lowest BCUT2D eigenvalue weighted by molar-refractivity contribution is -0.116. The van der Waals surface area contributed by atoms with Crippen molar-refractivity contribution in [3.63, 3.8) is 0 Å². The van der Waals surface area contributed by atoms with E-state index in [1.807, 2.05) is 19.1 Å². The molecule has 4 rings (SSSR count). The Morgan fingerprint density at radius 3 is 2.85 bits per heavy atom. The molecule has 142 valence electrons. The van der Waals surface area contributed by atoms with Gasteiger partial charge in [0.1, 0.15) is 17.3 Å². The highest BCUT2D eigenvalue weighted by Crippen LogP contribution is 2.43. The molecule has 0 saturated carbocycles. The van der Waals surface area contributed by atoms with Gasteiger partial charge in [-0.2, -0.15) is 0 Å². The Morgan fingerprint density at radius 1 is 1.33 bits per heavy atom. The van der Waals surface area contributed by atoms with Crippen molar-refractivity contribution in [2.24, 2.45) is 0 Å². The molecular formula is C20H23N3O3S. The number of fused-ring (bicyclic) bond motifs is 1. The molecular weight excluding hydrogens is 362 g/mol. The van der Waals surface area contributed by atoms with E-state index in [0.29, 0.717) is 39.5 Å². The Bertz CT molecular complexity index is 989. The molecule has 0 aromatic carbocycles. The monoisotopic (exact) mass is 385 g/mol. The highest BCUT2D eigenvalue weighted by atomic mass is 32.2. The largest absolute Gasteiger partial charge is 0.465 e. The maximum absolute atomic E-state index is 13.0. The molecule has 6 nitrogen and oxygen atoms in total. The Kier molecular flexibility index (Phi) is 4.72. The van der Waals surface area contributed by atoms with Crippen LogP contribution in [0.15, 0.2) is 37.8 Å². The normalized spacial score (nSPS) is 20.1. The number of hydrogen-bond donors (Lipinski definition) is 2. The number of H-pyrrole nitrogens is 1. The number of anilines is 1. The minimum Gasteiger partial charge on any atom is -0.465 e. The molecule has 27 heavy (non-hydrogen) atoms. The number of Topliss-reactive ketones (excluding diaryl/α,β-unsaturated/α-hetero) is 1. The van der Waals surface area contributed by atoms with Crippen LogP contribution in [0.4, 0.5) is 5.82 Å². The number of aromatic amines is 1. The Balaban J connectivity index is 1.88. The second-order valence-electron chi connectivity index (χ2n) is 7.15. The van der Waals surface area contributed by atoms with Gasteiger partial charge in [-0.1, -0.05) is 25.6 Å². The first-order valence-electron chi connectivity index (χ1n) is 9.38. The molecule has 0 radical (unpaired) electrons. The number of nitrogens with zero attached hydrogens (tertiary/aromatic N) is 1. The number of thioether (sulfide) groups is 1. The molecule has 0 saturated heterocycles. The number of furan rings is 1. The van der Waals surface area contributed by atoms with Crippen LogP contribution < -0.4 is 10.9 Å². The number of aryl methyl sites for hydroxylation is 1. The Morgan fingerprint density at radius 2 is 2.15 bits per heavy atom. The third kappa shape index (κ3) is 3.25. The number of rotatable bonds is 4. The fourth-order valence-electron chi connectivity index (χ4n) is 3.66. The van der Waals surface area contributed by atoms with E-state index in [1.165, 1.54) is 0 Å². The van der Waals surface area contributed by atoms with E-state index in [0.717, 1.165) is 30.7 Å². The van der Waals surface area contributed by atoms with E-state index in [4.69, 9.17) is 4.42 Å². The fourth-order valence-corrected chi connectivity index (χ4v) is 4.51. The van der Waals surface area contributed by atoms with Gasteiger partial charge < -0.3 is 14.7 Å². The third-order valence-electron chi connectivity index (χ3n) is 5.17. The summed E-state index contributed by atoms with van der Waals surface area (Å²) in [4.78, 5) is 33.3. The maximum atomic E-state index is 13.0. The predicted molar refractivity (Wildman–Crippen MR) is 105 cm³/mol. The second kappa shape index (κ2) is 7.03. The number of nitrogens with one attached hydrogen (secondary N) is 2. The molecule has 0 amide bonds. The van der Waals surface area contributed by atoms with Gasteiger partial charge in [-0.05, 0) is 38.3 Å². The summed E-state index contributed by atoms with van der Waals surface area (Å²) in [5, 5.41) is 4.23. The van der Waals surface area contributed by atoms with Gasteiger partial charge in [0.2, 0.25) is 0 Å². The summed E-state index contributed by atoms with van der Waals surface area (Å²) >= 11 is 1.55. The van der Waals surface area contributed by atoms with Crippen LogP contribution in [-0.2, 0) is 4.79 Å². The minimum absolute atomic E-state index is 0.0749. The maximum Gasteiger partial charge on any atom is 0.257 e. The quantitative estimate of drug-likeness (QED) is 0.608. The van der Waals surface area contributed by atoms with E-state index in [9.17, 15) is 9.59 Å². The molecule has 2 aromatic heterocycles. The van der Waals surface area contributed by atoms with Crippen molar-refractivity contribution in [2.75, 3.05) is 5.32 Å². The molecule has 0 bridgehead atoms. The van der Waals surface area contributed by atoms with Crippen LogP contribution in [0, 0.1) is 6.92 Å². The third-order valence-corrected chi connectivity index (χ3v) is 6.32. The summed E-state index contributed by atoms with van der Waals surface area (Å²) in [6, 6.07) is 3.71. The van der Waals surface area contributed by atoms with Crippen LogP contribution >= 0.6 is 11.8 Å². The van der Waals surface area contributed by atoms with Gasteiger partial charge in [0.05, 0.1) is 11.5 Å². The van der Waals surface area contributed by atoms with Crippen molar-refractivity contribution in [1.29, 1.82) is 0 Å². The molecule has 2 N–H and O–H groups in total. The minimum atomic E-state index is -0.503. The number of allylic oxidation sites excluding steroid dienone is 2. The molecule has 0 fully saturated rings. The van der Waals surface area contributed by atoms with Gasteiger partial charge in [-0.3, -0.25) is 9.59 Å². The van der Waals surface area contributed by atoms with E-state index in [-0.39, 0.29) is 11.3 Å². The van der Waals surface area contributed by atoms with Crippen LogP contribution in [-0.4, -0.2) is 21.0 Å². The molecule has 2 atom stereocenters. The summed E-state index contributed by atoms with van der Waals surface area (Å²) in [6.07, 6.45) is 3.07. The molecule has 2 aromatic rings. The van der Waals surface area contributed by atoms with Gasteiger partial charge >= 0.3 is 0 Å². The van der Waals surface area contributed by atoms with Gasteiger partial charge in [0.15, 0.2) is 10.9 Å². The van der Waals surface area contributed by atoms with E-state index in [1.54, 1.807) is 11.8 Å². The summed E-state index contributed by atoms with van der Waals surface area (Å²) in [5.41, 5.74) is 1.77. The van der Waals surface area contributed by atoms with Crippen LogP contribution in [0.25, 0.3) is 0 Å². The number of hydrogen-bond acceptors (Lipinski definition) is 6. The SMILES string of the molecule is CCC(C)Sc1nc2c(c(=O)[nH]1)C(c1ccc(C)o1)C1=C(CCCC1=O)N2. The Labute approximate surface area is 161 Å². The first-order valence-corrected chi connectivity index (χ1v) is 10.3. The Hall–Kier alpha value is -2.28. The van der Waals surface area contributed by atoms with Gasteiger partial charge in [-0.25, -0.2) is 4.98 Å². The molecule has 3 heterocycles. The summed E-state index contributed by atoms with van der Waals surface area (Å²) in [5.74, 6) is 1.48. The van der Waals surface area contributed by atoms with Crippen molar-refractivity contribution < 1.29 is 9.21 Å². The highest BCUT2D eigenvalue weighted by Gasteiger charge is 2.39. The summed E-state index contributed by atoms with van der Waals surface area (Å²) in [6.45, 7) is 6.07. The molecule has 2 aliphatic rings. The first kappa shape index (κ1) is 18.1. The van der Waals surface area contributed by atoms with Crippen LogP contribution in [0.3, 0.4) is 0 Å². The number of carbonyl (C=O) groups excluding carboxylic acids is 1. The van der Waals surface area contributed by atoms with Crippen molar-refractivity contribution >= 4 is 23.4 Å². The average molecular weight is 385 g/mol. The predicted octanol–water partition coefficient (Wildman–Crippen LogP) is 4.13. The first-order chi connectivity index (χ1) is 13.0. The van der Waals surface area contributed by atoms with Crippen LogP contribution in [0.1, 0.15) is 62.5 Å². The number of aromatic nitrogens is 2.